The molecule has 104 valence electrons. The maximum absolute atomic E-state index is 12.0. The fraction of sp³-hybridized carbons (Fsp3) is 0.923. The Morgan fingerprint density at radius 3 is 2.61 bits per heavy atom. The highest BCUT2D eigenvalue weighted by Crippen LogP contribution is 2.25. The van der Waals surface area contributed by atoms with E-state index < -0.39 is 5.54 Å². The van der Waals surface area contributed by atoms with Crippen molar-refractivity contribution >= 4 is 5.97 Å². The summed E-state index contributed by atoms with van der Waals surface area (Å²) in [5.74, 6) is -0.171. The molecular formula is C13H24N2O3. The molecule has 0 spiro atoms. The number of likely N-dealkylation sites (tertiary alicyclic amines) is 1. The lowest BCUT2D eigenvalue weighted by Gasteiger charge is -2.32. The van der Waals surface area contributed by atoms with E-state index in [0.29, 0.717) is 18.7 Å². The van der Waals surface area contributed by atoms with Crippen LogP contribution in [0.3, 0.4) is 0 Å². The van der Waals surface area contributed by atoms with Gasteiger partial charge in [-0.15, -0.1) is 0 Å². The molecule has 2 rings (SSSR count). The Bertz CT molecular complexity index is 307. The average Bonchev–Trinajstić information content (AvgIpc) is 3.04. The highest BCUT2D eigenvalue weighted by atomic mass is 16.5. The van der Waals surface area contributed by atoms with Crippen molar-refractivity contribution in [2.45, 2.75) is 43.9 Å². The largest absolute Gasteiger partial charge is 0.468 e. The molecule has 2 unspecified atom stereocenters. The van der Waals surface area contributed by atoms with Gasteiger partial charge in [0.2, 0.25) is 0 Å². The summed E-state index contributed by atoms with van der Waals surface area (Å²) in [6.07, 6.45) is 3.66. The molecule has 1 saturated heterocycles. The highest BCUT2D eigenvalue weighted by Gasteiger charge is 2.41. The number of nitrogens with zero attached hydrogens (tertiary/aromatic N) is 1. The number of rotatable bonds is 6. The van der Waals surface area contributed by atoms with Crippen molar-refractivity contribution in [2.75, 3.05) is 33.9 Å². The summed E-state index contributed by atoms with van der Waals surface area (Å²) >= 11 is 0. The van der Waals surface area contributed by atoms with Gasteiger partial charge in [0.1, 0.15) is 5.54 Å². The van der Waals surface area contributed by atoms with Crippen LogP contribution in [0.5, 0.6) is 0 Å². The zero-order valence-corrected chi connectivity index (χ0v) is 11.6. The third kappa shape index (κ3) is 3.22. The number of nitrogens with one attached hydrogen (secondary N) is 1. The molecule has 0 bridgehead atoms. The minimum atomic E-state index is -0.599. The van der Waals surface area contributed by atoms with E-state index in [9.17, 15) is 4.79 Å². The molecule has 1 N–H and O–H groups in total. The van der Waals surface area contributed by atoms with Crippen molar-refractivity contribution in [1.82, 2.24) is 10.2 Å². The molecule has 2 aliphatic rings. The lowest BCUT2D eigenvalue weighted by Crippen LogP contribution is -2.58. The molecule has 0 radical (unpaired) electrons. The van der Waals surface area contributed by atoms with Gasteiger partial charge in [0.15, 0.2) is 0 Å². The van der Waals surface area contributed by atoms with Gasteiger partial charge in [-0.25, -0.2) is 0 Å². The van der Waals surface area contributed by atoms with Gasteiger partial charge in [0, 0.05) is 32.8 Å². The van der Waals surface area contributed by atoms with Gasteiger partial charge < -0.3 is 9.47 Å². The molecule has 1 aliphatic heterocycles. The van der Waals surface area contributed by atoms with Crippen LogP contribution in [0, 0.1) is 0 Å². The molecule has 0 aromatic rings. The highest BCUT2D eigenvalue weighted by molar-refractivity contribution is 5.80. The summed E-state index contributed by atoms with van der Waals surface area (Å²) in [4.78, 5) is 14.3. The lowest BCUT2D eigenvalue weighted by atomic mass is 10.0. The first kappa shape index (κ1) is 13.8. The number of methoxy groups -OCH3 is 2. The first-order valence-corrected chi connectivity index (χ1v) is 6.68. The number of hydrogen-bond acceptors (Lipinski definition) is 5. The zero-order chi connectivity index (χ0) is 13.2. The second-order valence-electron chi connectivity index (χ2n) is 5.62. The standard InChI is InChI=1S/C13H24N2O3/c1-13(12(16)18-3,14-10-4-5-10)9-15-7-6-11(8-15)17-2/h10-11,14H,4-9H2,1-3H3. The molecule has 0 aromatic heterocycles. The van der Waals surface area contributed by atoms with Gasteiger partial charge in [-0.2, -0.15) is 0 Å². The van der Waals surface area contributed by atoms with Crippen LogP contribution < -0.4 is 5.32 Å². The predicted molar refractivity (Wildman–Crippen MR) is 68.4 cm³/mol. The molecular weight excluding hydrogens is 232 g/mol. The van der Waals surface area contributed by atoms with Gasteiger partial charge in [0.05, 0.1) is 13.2 Å². The predicted octanol–water partition coefficient (Wildman–Crippen LogP) is 0.391. The van der Waals surface area contributed by atoms with E-state index in [2.05, 4.69) is 10.2 Å². The SMILES string of the molecule is COC(=O)C(C)(CN1CCC(OC)C1)NC1CC1. The molecule has 1 aliphatic carbocycles. The van der Waals surface area contributed by atoms with Gasteiger partial charge in [-0.3, -0.25) is 15.0 Å². The number of carbonyl (C=O) groups is 1. The molecule has 18 heavy (non-hydrogen) atoms. The Hall–Kier alpha value is -0.650. The van der Waals surface area contributed by atoms with Gasteiger partial charge >= 0.3 is 5.97 Å². The smallest absolute Gasteiger partial charge is 0.327 e. The van der Waals surface area contributed by atoms with E-state index in [1.54, 1.807) is 7.11 Å². The van der Waals surface area contributed by atoms with Gasteiger partial charge in [0.25, 0.3) is 0 Å². The third-order valence-corrected chi connectivity index (χ3v) is 3.84. The number of carbonyl (C=O) groups excluding carboxylic acids is 1. The Balaban J connectivity index is 1.94. The monoisotopic (exact) mass is 256 g/mol. The Labute approximate surface area is 109 Å². The van der Waals surface area contributed by atoms with Crippen LogP contribution in [0.1, 0.15) is 26.2 Å². The second-order valence-corrected chi connectivity index (χ2v) is 5.62. The maximum Gasteiger partial charge on any atom is 0.327 e. The molecule has 0 amide bonds. The Morgan fingerprint density at radius 1 is 1.39 bits per heavy atom. The average molecular weight is 256 g/mol. The zero-order valence-electron chi connectivity index (χ0n) is 11.6. The molecule has 1 saturated carbocycles. The first-order chi connectivity index (χ1) is 8.57. The van der Waals surface area contributed by atoms with Crippen molar-refractivity contribution in [3.8, 4) is 0 Å². The van der Waals surface area contributed by atoms with Crippen LogP contribution in [-0.2, 0) is 14.3 Å². The van der Waals surface area contributed by atoms with Crippen LogP contribution in [0.2, 0.25) is 0 Å². The molecule has 2 atom stereocenters. The van der Waals surface area contributed by atoms with Crippen LogP contribution in [0.25, 0.3) is 0 Å². The summed E-state index contributed by atoms with van der Waals surface area (Å²) in [6.45, 7) is 4.51. The van der Waals surface area contributed by atoms with E-state index in [4.69, 9.17) is 9.47 Å². The minimum Gasteiger partial charge on any atom is -0.468 e. The number of esters is 1. The molecule has 5 heteroatoms. The fourth-order valence-corrected chi connectivity index (χ4v) is 2.65. The van der Waals surface area contributed by atoms with Crippen molar-refractivity contribution in [3.63, 3.8) is 0 Å². The quantitative estimate of drug-likeness (QED) is 0.697. The summed E-state index contributed by atoms with van der Waals surface area (Å²) < 4.78 is 10.3. The molecule has 5 nitrogen and oxygen atoms in total. The van der Waals surface area contributed by atoms with Crippen molar-refractivity contribution in [3.05, 3.63) is 0 Å². The van der Waals surface area contributed by atoms with Crippen LogP contribution in [0.15, 0.2) is 0 Å². The van der Waals surface area contributed by atoms with Crippen molar-refractivity contribution < 1.29 is 14.3 Å². The Kier molecular flexibility index (Phi) is 4.25. The first-order valence-electron chi connectivity index (χ1n) is 6.68. The van der Waals surface area contributed by atoms with Crippen LogP contribution in [0.4, 0.5) is 0 Å². The third-order valence-electron chi connectivity index (χ3n) is 3.84. The number of ether oxygens (including phenoxy) is 2. The minimum absolute atomic E-state index is 0.171. The summed E-state index contributed by atoms with van der Waals surface area (Å²) in [7, 11) is 3.20. The van der Waals surface area contributed by atoms with E-state index in [-0.39, 0.29) is 5.97 Å². The normalized spacial score (nSPS) is 28.1. The lowest BCUT2D eigenvalue weighted by molar-refractivity contribution is -0.148. The maximum atomic E-state index is 12.0. The summed E-state index contributed by atoms with van der Waals surface area (Å²) in [5, 5.41) is 3.42. The summed E-state index contributed by atoms with van der Waals surface area (Å²) in [5.41, 5.74) is -0.599. The van der Waals surface area contributed by atoms with E-state index in [1.807, 2.05) is 6.92 Å². The van der Waals surface area contributed by atoms with Gasteiger partial charge in [-0.05, 0) is 26.2 Å². The second kappa shape index (κ2) is 5.55. The van der Waals surface area contributed by atoms with E-state index in [1.165, 1.54) is 7.11 Å². The van der Waals surface area contributed by atoms with Crippen LogP contribution >= 0.6 is 0 Å². The number of hydrogen-bond donors (Lipinski definition) is 1. The van der Waals surface area contributed by atoms with Crippen LogP contribution in [-0.4, -0.2) is 62.4 Å². The van der Waals surface area contributed by atoms with Crippen molar-refractivity contribution in [2.24, 2.45) is 0 Å². The van der Waals surface area contributed by atoms with Crippen molar-refractivity contribution in [1.29, 1.82) is 0 Å². The van der Waals surface area contributed by atoms with E-state index >= 15 is 0 Å². The fourth-order valence-electron chi connectivity index (χ4n) is 2.65. The molecule has 2 fully saturated rings. The topological polar surface area (TPSA) is 50.8 Å². The molecule has 1 heterocycles. The van der Waals surface area contributed by atoms with E-state index in [0.717, 1.165) is 32.4 Å². The molecule has 0 aromatic carbocycles. The van der Waals surface area contributed by atoms with Gasteiger partial charge in [-0.1, -0.05) is 0 Å². The Morgan fingerprint density at radius 2 is 2.11 bits per heavy atom. The summed E-state index contributed by atoms with van der Waals surface area (Å²) in [6, 6.07) is 0.481.